The second kappa shape index (κ2) is 20.7. The number of H-pyrrole nitrogens is 1. The van der Waals surface area contributed by atoms with Gasteiger partial charge in [-0.3, -0.25) is 24.5 Å². The minimum absolute atomic E-state index is 0.00381. The zero-order valence-corrected chi connectivity index (χ0v) is 43.9. The Labute approximate surface area is 445 Å². The quantitative estimate of drug-likeness (QED) is 0.0967. The normalized spacial score (nSPS) is 21.9. The Morgan fingerprint density at radius 3 is 2.36 bits per heavy atom. The first-order valence-corrected chi connectivity index (χ1v) is 27.2. The number of aromatic nitrogens is 6. The summed E-state index contributed by atoms with van der Waals surface area (Å²) in [6.07, 6.45) is 6.44. The van der Waals surface area contributed by atoms with Crippen molar-refractivity contribution in [2.45, 2.75) is 82.6 Å². The van der Waals surface area contributed by atoms with Crippen LogP contribution in [-0.4, -0.2) is 162 Å². The lowest BCUT2D eigenvalue weighted by Crippen LogP contribution is -2.52. The van der Waals surface area contributed by atoms with Crippen molar-refractivity contribution < 1.29 is 24.1 Å². The van der Waals surface area contributed by atoms with Crippen LogP contribution >= 0.6 is 11.6 Å². The van der Waals surface area contributed by atoms with Crippen LogP contribution in [0.2, 0.25) is 5.02 Å². The van der Waals surface area contributed by atoms with Crippen molar-refractivity contribution in [1.82, 2.24) is 54.6 Å². The van der Waals surface area contributed by atoms with Crippen LogP contribution in [0, 0.1) is 11.7 Å². The third-order valence-corrected chi connectivity index (χ3v) is 17.0. The molecule has 76 heavy (non-hydrogen) atoms. The number of ether oxygens (including phenoxy) is 1. The maximum atomic E-state index is 17.0. The van der Waals surface area contributed by atoms with Gasteiger partial charge in [0.2, 0.25) is 5.91 Å². The van der Waals surface area contributed by atoms with Gasteiger partial charge < -0.3 is 30.1 Å². The fraction of sp³-hybridized carbons (Fsp3) is 0.439. The molecule has 4 aromatic carbocycles. The van der Waals surface area contributed by atoms with Crippen LogP contribution in [0.15, 0.2) is 83.8 Å². The first-order valence-electron chi connectivity index (χ1n) is 26.8. The number of nitrogens with zero attached hydrogens (tertiary/aromatic N) is 10. The molecule has 0 radical (unpaired) electrons. The molecule has 4 atom stereocenters. The number of hydrogen-bond acceptors (Lipinski definition) is 14. The number of phenolic OH excluding ortho intramolecular Hbond substituents is 2. The van der Waals surface area contributed by atoms with Gasteiger partial charge in [0.15, 0.2) is 11.6 Å². The maximum Gasteiger partial charge on any atom is 0.348 e. The number of aromatic hydroxyl groups is 2. The summed E-state index contributed by atoms with van der Waals surface area (Å²) in [5, 5.41) is 34.3. The third kappa shape index (κ3) is 9.63. The van der Waals surface area contributed by atoms with Gasteiger partial charge in [-0.25, -0.2) is 18.9 Å². The molecule has 2 unspecified atom stereocenters. The highest BCUT2D eigenvalue weighted by molar-refractivity contribution is 6.36. The van der Waals surface area contributed by atoms with E-state index < -0.39 is 11.5 Å². The van der Waals surface area contributed by atoms with Crippen LogP contribution in [0.5, 0.6) is 17.5 Å². The summed E-state index contributed by atoms with van der Waals surface area (Å²) in [6, 6.07) is 23.3. The Kier molecular flexibility index (Phi) is 13.6. The molecule has 1 amide bonds. The van der Waals surface area contributed by atoms with Crippen molar-refractivity contribution in [2.75, 3.05) is 77.5 Å². The van der Waals surface area contributed by atoms with Crippen molar-refractivity contribution in [3.8, 4) is 45.8 Å². The molecular formula is C57H64ClFN12O5. The average Bonchev–Trinajstić information content (AvgIpc) is 4.13. The smallest absolute Gasteiger partial charge is 0.348 e. The standard InChI is InChI=1S/C57H64ClFN12O5/c1-33(2)43-25-44(48(73)26-47(43)72)54-64-65-57(75)71(54)39-14-10-34(11-15-39)28-67-20-22-69(23-21-67)55(74)36-16-18-68(19-17-36)40-24-41(66(3)31-40)32-76-56-62-52-45(53(63-56)70-29-37-12-13-38(30-70)61-37)27-60-51(50(52)59)42-8-4-6-35-7-5-9-46(58)49(35)42/h4-11,14-15,25-27,33,36-38,40-41,61,72-73H,12-13,16-24,28-32H2,1-3H3,(H,65,75)/t37?,38?,40-,41-/m0/s1. The van der Waals surface area contributed by atoms with Gasteiger partial charge in [0.05, 0.1) is 16.6 Å². The average molecular weight is 1050 g/mol. The van der Waals surface area contributed by atoms with Gasteiger partial charge in [0.25, 0.3) is 0 Å². The molecule has 5 aliphatic heterocycles. The van der Waals surface area contributed by atoms with Crippen LogP contribution in [0.1, 0.15) is 63.0 Å². The third-order valence-electron chi connectivity index (χ3n) is 16.7. The second-order valence-electron chi connectivity index (χ2n) is 21.8. The number of aromatic amines is 1. The summed E-state index contributed by atoms with van der Waals surface area (Å²) in [6.45, 7) is 12.0. The number of halogens is 2. The van der Waals surface area contributed by atoms with Crippen LogP contribution in [-0.2, 0) is 11.3 Å². The topological polar surface area (TPSA) is 184 Å². The molecule has 2 bridgehead atoms. The molecule has 0 aliphatic carbocycles. The van der Waals surface area contributed by atoms with Gasteiger partial charge in [0, 0.05) is 111 Å². The molecule has 396 valence electrons. The number of pyridine rings is 1. The highest BCUT2D eigenvalue weighted by atomic mass is 35.5. The monoisotopic (exact) mass is 1050 g/mol. The predicted molar refractivity (Wildman–Crippen MR) is 291 cm³/mol. The molecule has 5 aliphatic rings. The molecule has 12 rings (SSSR count). The molecule has 17 nitrogen and oxygen atoms in total. The summed E-state index contributed by atoms with van der Waals surface area (Å²) in [5.74, 6) is 0.435. The van der Waals surface area contributed by atoms with E-state index in [2.05, 4.69) is 42.2 Å². The zero-order chi connectivity index (χ0) is 52.4. The largest absolute Gasteiger partial charge is 0.508 e. The molecule has 19 heteroatoms. The minimum Gasteiger partial charge on any atom is -0.508 e. The number of likely N-dealkylation sites (N-methyl/N-ethyl adjacent to an activating group) is 1. The van der Waals surface area contributed by atoms with E-state index in [1.54, 1.807) is 12.3 Å². The lowest BCUT2D eigenvalue weighted by Gasteiger charge is -2.39. The number of benzene rings is 4. The number of likely N-dealkylation sites (tertiary alicyclic amines) is 2. The number of piperazine rings is 2. The number of rotatable bonds is 12. The molecule has 7 aromatic rings. The van der Waals surface area contributed by atoms with E-state index in [1.165, 1.54) is 10.6 Å². The van der Waals surface area contributed by atoms with E-state index in [0.29, 0.717) is 83.0 Å². The second-order valence-corrected chi connectivity index (χ2v) is 22.2. The molecule has 4 N–H and O–H groups in total. The Balaban J connectivity index is 0.651. The predicted octanol–water partition coefficient (Wildman–Crippen LogP) is 7.16. The van der Waals surface area contributed by atoms with Gasteiger partial charge in [-0.1, -0.05) is 67.9 Å². The number of phenols is 2. The fourth-order valence-electron chi connectivity index (χ4n) is 12.5. The van der Waals surface area contributed by atoms with E-state index in [9.17, 15) is 19.8 Å². The van der Waals surface area contributed by atoms with E-state index >= 15 is 4.39 Å². The van der Waals surface area contributed by atoms with Gasteiger partial charge in [-0.05, 0) is 98.9 Å². The van der Waals surface area contributed by atoms with Crippen LogP contribution in [0.25, 0.3) is 50.0 Å². The van der Waals surface area contributed by atoms with E-state index in [-0.39, 0.29) is 58.3 Å². The number of fused-ring (bicyclic) bond motifs is 4. The van der Waals surface area contributed by atoms with Gasteiger partial charge in [-0.2, -0.15) is 15.1 Å². The van der Waals surface area contributed by atoms with Crippen molar-refractivity contribution in [3.05, 3.63) is 111 Å². The summed E-state index contributed by atoms with van der Waals surface area (Å²) < 4.78 is 24.9. The number of piperidine rings is 1. The number of anilines is 1. The first kappa shape index (κ1) is 50.1. The van der Waals surface area contributed by atoms with E-state index in [0.717, 1.165) is 94.3 Å². The molecule has 5 saturated heterocycles. The Bertz CT molecular complexity index is 3360. The summed E-state index contributed by atoms with van der Waals surface area (Å²) >= 11 is 6.71. The number of amides is 1. The molecule has 8 heterocycles. The van der Waals surface area contributed by atoms with Crippen LogP contribution in [0.3, 0.4) is 0 Å². The Hall–Kier alpha value is -6.70. The van der Waals surface area contributed by atoms with Gasteiger partial charge in [0.1, 0.15) is 35.1 Å². The van der Waals surface area contributed by atoms with Crippen LogP contribution in [0.4, 0.5) is 10.2 Å². The Morgan fingerprint density at radius 2 is 1.62 bits per heavy atom. The molecular weight excluding hydrogens is 987 g/mol. The minimum atomic E-state index is -0.530. The van der Waals surface area contributed by atoms with Gasteiger partial charge in [-0.15, -0.1) is 0 Å². The number of nitrogens with one attached hydrogen (secondary N) is 2. The first-order chi connectivity index (χ1) is 36.8. The zero-order valence-electron chi connectivity index (χ0n) is 43.1. The summed E-state index contributed by atoms with van der Waals surface area (Å²) in [7, 11) is 2.13. The number of hydrogen-bond donors (Lipinski definition) is 4. The van der Waals surface area contributed by atoms with Gasteiger partial charge >= 0.3 is 11.7 Å². The lowest BCUT2D eigenvalue weighted by molar-refractivity contribution is -0.139. The molecule has 0 saturated carbocycles. The lowest BCUT2D eigenvalue weighted by atomic mass is 9.93. The van der Waals surface area contributed by atoms with Crippen molar-refractivity contribution in [1.29, 1.82) is 0 Å². The molecule has 3 aromatic heterocycles. The maximum absolute atomic E-state index is 17.0. The Morgan fingerprint density at radius 1 is 0.882 bits per heavy atom. The highest BCUT2D eigenvalue weighted by Gasteiger charge is 2.39. The number of carbonyl (C=O) groups is 1. The summed E-state index contributed by atoms with van der Waals surface area (Å²) in [5.41, 5.74) is 3.20. The van der Waals surface area contributed by atoms with Crippen molar-refractivity contribution >= 4 is 45.0 Å². The fourth-order valence-corrected chi connectivity index (χ4v) is 12.8. The number of carbonyl (C=O) groups excluding carboxylic acids is 1. The molecule has 0 spiro atoms. The van der Waals surface area contributed by atoms with E-state index in [1.807, 2.05) is 79.4 Å². The van der Waals surface area contributed by atoms with Crippen molar-refractivity contribution in [2.24, 2.45) is 5.92 Å². The molecule has 5 fully saturated rings. The highest BCUT2D eigenvalue weighted by Crippen LogP contribution is 2.40. The van der Waals surface area contributed by atoms with Crippen molar-refractivity contribution in [3.63, 3.8) is 0 Å². The SMILES string of the molecule is CC(C)c1cc(-c2n[nH]c(=O)n2-c2ccc(CN3CCN(C(=O)C4CCN([C@H]5C[C@@H](COc6nc(N7CC8CCC(C7)N8)c7cnc(-c8cccc9cccc(Cl)c89)c(F)c7n6)N(C)C5)CC4)CC3)cc2)c(O)cc1O. The van der Waals surface area contributed by atoms with E-state index in [4.69, 9.17) is 31.3 Å². The summed E-state index contributed by atoms with van der Waals surface area (Å²) in [4.78, 5) is 52.9. The van der Waals surface area contributed by atoms with Crippen LogP contribution < -0.4 is 20.6 Å².